The first-order valence-electron chi connectivity index (χ1n) is 5.72. The van der Waals surface area contributed by atoms with E-state index in [9.17, 15) is 0 Å². The number of hydrogen-bond donors (Lipinski definition) is 1. The Kier molecular flexibility index (Phi) is 3.83. The fourth-order valence-electron chi connectivity index (χ4n) is 1.59. The Morgan fingerprint density at radius 3 is 2.71 bits per heavy atom. The average Bonchev–Trinajstić information content (AvgIpc) is 2.84. The molecule has 1 N–H and O–H groups in total. The van der Waals surface area contributed by atoms with Gasteiger partial charge in [0.15, 0.2) is 0 Å². The molecule has 0 spiro atoms. The van der Waals surface area contributed by atoms with Gasteiger partial charge in [0.25, 0.3) is 0 Å². The number of hydrogen-bond acceptors (Lipinski definition) is 3. The molecule has 0 unspecified atom stereocenters. The van der Waals surface area contributed by atoms with Gasteiger partial charge in [0.1, 0.15) is 30.5 Å². The van der Waals surface area contributed by atoms with Gasteiger partial charge < -0.3 is 14.3 Å². The van der Waals surface area contributed by atoms with Crippen molar-refractivity contribution in [2.75, 3.05) is 0 Å². The minimum atomic E-state index is -0.0781. The summed E-state index contributed by atoms with van der Waals surface area (Å²) >= 11 is 0. The number of aliphatic hydroxyl groups is 1. The van der Waals surface area contributed by atoms with Gasteiger partial charge in [-0.3, -0.25) is 0 Å². The molecule has 0 aliphatic rings. The van der Waals surface area contributed by atoms with Crippen molar-refractivity contribution < 1.29 is 14.3 Å². The van der Waals surface area contributed by atoms with Crippen LogP contribution in [0, 0.1) is 0 Å². The van der Waals surface area contributed by atoms with Crippen LogP contribution < -0.4 is 4.74 Å². The van der Waals surface area contributed by atoms with E-state index in [0.29, 0.717) is 12.4 Å². The summed E-state index contributed by atoms with van der Waals surface area (Å²) in [6, 6.07) is 11.6. The fourth-order valence-corrected chi connectivity index (χ4v) is 1.59. The lowest BCUT2D eigenvalue weighted by molar-refractivity contribution is 0.224. The van der Waals surface area contributed by atoms with Gasteiger partial charge in [0.05, 0.1) is 0 Å². The second-order valence-corrected chi connectivity index (χ2v) is 3.82. The second-order valence-electron chi connectivity index (χ2n) is 3.82. The SMILES string of the molecule is CCc1cccc(OCc2ccc(CO)o2)c1. The zero-order valence-corrected chi connectivity index (χ0v) is 9.85. The topological polar surface area (TPSA) is 42.6 Å². The van der Waals surface area contributed by atoms with E-state index < -0.39 is 0 Å². The first-order chi connectivity index (χ1) is 8.31. The number of ether oxygens (including phenoxy) is 1. The molecule has 0 aliphatic carbocycles. The molecule has 2 rings (SSSR count). The van der Waals surface area contributed by atoms with Crippen LogP contribution in [0.1, 0.15) is 24.0 Å². The van der Waals surface area contributed by atoms with Crippen molar-refractivity contribution in [3.8, 4) is 5.75 Å². The third kappa shape index (κ3) is 3.11. The average molecular weight is 232 g/mol. The normalized spacial score (nSPS) is 10.5. The molecule has 1 heterocycles. The summed E-state index contributed by atoms with van der Waals surface area (Å²) in [5.74, 6) is 2.12. The van der Waals surface area contributed by atoms with E-state index in [1.165, 1.54) is 5.56 Å². The standard InChI is InChI=1S/C14H16O3/c1-2-11-4-3-5-12(8-11)16-10-14-7-6-13(9-15)17-14/h3-8,15H,2,9-10H2,1H3. The molecular formula is C14H16O3. The number of benzene rings is 1. The number of aryl methyl sites for hydroxylation is 1. The highest BCUT2D eigenvalue weighted by molar-refractivity contribution is 5.28. The minimum absolute atomic E-state index is 0.0781. The highest BCUT2D eigenvalue weighted by atomic mass is 16.5. The molecule has 0 saturated heterocycles. The Labute approximate surface area is 101 Å². The molecule has 0 aliphatic heterocycles. The van der Waals surface area contributed by atoms with Crippen LogP contribution in [0.2, 0.25) is 0 Å². The predicted octanol–water partition coefficient (Wildman–Crippen LogP) is 2.91. The quantitative estimate of drug-likeness (QED) is 0.861. The van der Waals surface area contributed by atoms with Crippen LogP contribution in [0.3, 0.4) is 0 Å². The van der Waals surface area contributed by atoms with Gasteiger partial charge in [-0.05, 0) is 36.2 Å². The van der Waals surface area contributed by atoms with Crippen molar-refractivity contribution in [1.82, 2.24) is 0 Å². The van der Waals surface area contributed by atoms with E-state index in [4.69, 9.17) is 14.3 Å². The molecule has 0 fully saturated rings. The van der Waals surface area contributed by atoms with Gasteiger partial charge in [0.2, 0.25) is 0 Å². The van der Waals surface area contributed by atoms with E-state index in [1.807, 2.05) is 24.3 Å². The second kappa shape index (κ2) is 5.55. The Morgan fingerprint density at radius 2 is 2.00 bits per heavy atom. The largest absolute Gasteiger partial charge is 0.486 e. The number of rotatable bonds is 5. The zero-order valence-electron chi connectivity index (χ0n) is 9.85. The molecule has 17 heavy (non-hydrogen) atoms. The van der Waals surface area contributed by atoms with Gasteiger partial charge in [-0.1, -0.05) is 19.1 Å². The summed E-state index contributed by atoms with van der Waals surface area (Å²) in [6.45, 7) is 2.41. The van der Waals surface area contributed by atoms with Crippen molar-refractivity contribution >= 4 is 0 Å². The number of aliphatic hydroxyl groups excluding tert-OH is 1. The number of furan rings is 1. The van der Waals surface area contributed by atoms with Crippen molar-refractivity contribution in [3.63, 3.8) is 0 Å². The zero-order chi connectivity index (χ0) is 12.1. The third-order valence-corrected chi connectivity index (χ3v) is 2.56. The highest BCUT2D eigenvalue weighted by Crippen LogP contribution is 2.16. The molecule has 90 valence electrons. The summed E-state index contributed by atoms with van der Waals surface area (Å²) in [5, 5.41) is 8.87. The molecule has 3 heteroatoms. The van der Waals surface area contributed by atoms with Crippen molar-refractivity contribution in [3.05, 3.63) is 53.5 Å². The molecule has 1 aromatic carbocycles. The summed E-state index contributed by atoms with van der Waals surface area (Å²) in [4.78, 5) is 0. The van der Waals surface area contributed by atoms with E-state index in [2.05, 4.69) is 13.0 Å². The minimum Gasteiger partial charge on any atom is -0.486 e. The predicted molar refractivity (Wildman–Crippen MR) is 64.8 cm³/mol. The lowest BCUT2D eigenvalue weighted by Gasteiger charge is -2.05. The molecule has 0 atom stereocenters. The first kappa shape index (κ1) is 11.7. The van der Waals surface area contributed by atoms with E-state index in [1.54, 1.807) is 6.07 Å². The summed E-state index contributed by atoms with van der Waals surface area (Å²) in [7, 11) is 0. The third-order valence-electron chi connectivity index (χ3n) is 2.56. The summed E-state index contributed by atoms with van der Waals surface area (Å²) in [6.07, 6.45) is 0.993. The lowest BCUT2D eigenvalue weighted by atomic mass is 10.2. The van der Waals surface area contributed by atoms with Gasteiger partial charge in [0, 0.05) is 0 Å². The van der Waals surface area contributed by atoms with Crippen LogP contribution in [0.15, 0.2) is 40.8 Å². The van der Waals surface area contributed by atoms with Crippen molar-refractivity contribution in [1.29, 1.82) is 0 Å². The van der Waals surface area contributed by atoms with E-state index in [0.717, 1.165) is 17.9 Å². The molecule has 0 bridgehead atoms. The van der Waals surface area contributed by atoms with E-state index >= 15 is 0 Å². The van der Waals surface area contributed by atoms with Crippen molar-refractivity contribution in [2.24, 2.45) is 0 Å². The van der Waals surface area contributed by atoms with Gasteiger partial charge in [-0.15, -0.1) is 0 Å². The fraction of sp³-hybridized carbons (Fsp3) is 0.286. The van der Waals surface area contributed by atoms with Crippen molar-refractivity contribution in [2.45, 2.75) is 26.6 Å². The molecule has 3 nitrogen and oxygen atoms in total. The van der Waals surface area contributed by atoms with Crippen LogP contribution >= 0.6 is 0 Å². The lowest BCUT2D eigenvalue weighted by Crippen LogP contribution is -1.94. The van der Waals surface area contributed by atoms with E-state index in [-0.39, 0.29) is 6.61 Å². The molecule has 0 amide bonds. The molecule has 1 aromatic heterocycles. The van der Waals surface area contributed by atoms with Crippen LogP contribution in [0.25, 0.3) is 0 Å². The van der Waals surface area contributed by atoms with Gasteiger partial charge in [-0.25, -0.2) is 0 Å². The maximum Gasteiger partial charge on any atom is 0.146 e. The molecule has 0 radical (unpaired) electrons. The first-order valence-corrected chi connectivity index (χ1v) is 5.72. The Balaban J connectivity index is 1.96. The summed E-state index contributed by atoms with van der Waals surface area (Å²) < 4.78 is 11.0. The summed E-state index contributed by atoms with van der Waals surface area (Å²) in [5.41, 5.74) is 1.25. The molecule has 2 aromatic rings. The maximum absolute atomic E-state index is 8.87. The Hall–Kier alpha value is -1.74. The van der Waals surface area contributed by atoms with Gasteiger partial charge in [-0.2, -0.15) is 0 Å². The molecule has 0 saturated carbocycles. The van der Waals surface area contributed by atoms with Crippen LogP contribution in [-0.4, -0.2) is 5.11 Å². The smallest absolute Gasteiger partial charge is 0.146 e. The van der Waals surface area contributed by atoms with Crippen LogP contribution in [0.4, 0.5) is 0 Å². The highest BCUT2D eigenvalue weighted by Gasteiger charge is 2.02. The Bertz CT molecular complexity index is 474. The van der Waals surface area contributed by atoms with Crippen LogP contribution in [-0.2, 0) is 19.6 Å². The molecular weight excluding hydrogens is 216 g/mol. The Morgan fingerprint density at radius 1 is 1.18 bits per heavy atom. The van der Waals surface area contributed by atoms with Gasteiger partial charge >= 0.3 is 0 Å². The monoisotopic (exact) mass is 232 g/mol. The maximum atomic E-state index is 8.87. The van der Waals surface area contributed by atoms with Crippen LogP contribution in [0.5, 0.6) is 5.75 Å².